The zero-order chi connectivity index (χ0) is 23.7. The second-order valence-electron chi connectivity index (χ2n) is 8.49. The van der Waals surface area contributed by atoms with Gasteiger partial charge in [0.25, 0.3) is 5.91 Å². The fraction of sp³-hybridized carbons (Fsp3) is 0.320. The summed E-state index contributed by atoms with van der Waals surface area (Å²) in [6.07, 6.45) is 1.63. The first kappa shape index (κ1) is 22.0. The van der Waals surface area contributed by atoms with Crippen molar-refractivity contribution in [3.63, 3.8) is 0 Å². The number of rotatable bonds is 5. The number of anilines is 6. The third-order valence-electron chi connectivity index (χ3n) is 6.22. The number of amides is 1. The SMILES string of the molecule is CCOc1cc(N2CCN(C)CC2)ccc1Nc1ncc2c(n1)N(C)c1ccccc1C(=O)N2. The lowest BCUT2D eigenvalue weighted by molar-refractivity contribution is 0.102. The number of hydrogen-bond donors (Lipinski definition) is 2. The van der Waals surface area contributed by atoms with E-state index in [0.29, 0.717) is 29.6 Å². The van der Waals surface area contributed by atoms with Gasteiger partial charge in [0.1, 0.15) is 11.4 Å². The number of piperazine rings is 1. The molecule has 9 heteroatoms. The molecule has 0 unspecified atom stereocenters. The van der Waals surface area contributed by atoms with E-state index in [0.717, 1.165) is 49.0 Å². The molecular weight excluding hydrogens is 430 g/mol. The van der Waals surface area contributed by atoms with E-state index in [1.165, 1.54) is 0 Å². The third-order valence-corrected chi connectivity index (χ3v) is 6.22. The smallest absolute Gasteiger partial charge is 0.257 e. The van der Waals surface area contributed by atoms with Crippen LogP contribution in [0.25, 0.3) is 0 Å². The largest absolute Gasteiger partial charge is 0.492 e. The summed E-state index contributed by atoms with van der Waals surface area (Å²) >= 11 is 0. The number of hydrogen-bond acceptors (Lipinski definition) is 8. The molecule has 0 radical (unpaired) electrons. The molecule has 3 aromatic rings. The summed E-state index contributed by atoms with van der Waals surface area (Å²) in [5.74, 6) is 1.61. The second-order valence-corrected chi connectivity index (χ2v) is 8.49. The highest BCUT2D eigenvalue weighted by molar-refractivity contribution is 6.11. The molecular formula is C25H29N7O2. The highest BCUT2D eigenvalue weighted by Gasteiger charge is 2.25. The lowest BCUT2D eigenvalue weighted by Gasteiger charge is -2.34. The van der Waals surface area contributed by atoms with Gasteiger partial charge in [-0.3, -0.25) is 4.79 Å². The number of carbonyl (C=O) groups is 1. The molecule has 1 fully saturated rings. The van der Waals surface area contributed by atoms with Crippen molar-refractivity contribution in [1.82, 2.24) is 14.9 Å². The van der Waals surface area contributed by atoms with Gasteiger partial charge in [-0.25, -0.2) is 4.98 Å². The van der Waals surface area contributed by atoms with Gasteiger partial charge in [-0.15, -0.1) is 0 Å². The summed E-state index contributed by atoms with van der Waals surface area (Å²) in [6, 6.07) is 13.6. The Labute approximate surface area is 199 Å². The lowest BCUT2D eigenvalue weighted by atomic mass is 10.1. The molecule has 5 rings (SSSR count). The van der Waals surface area contributed by atoms with Crippen LogP contribution in [0.5, 0.6) is 5.75 Å². The maximum Gasteiger partial charge on any atom is 0.257 e. The van der Waals surface area contributed by atoms with E-state index >= 15 is 0 Å². The topological polar surface area (TPSA) is 85.9 Å². The second kappa shape index (κ2) is 9.18. The molecule has 2 aromatic carbocycles. The molecule has 0 saturated carbocycles. The van der Waals surface area contributed by atoms with Crippen LogP contribution in [-0.2, 0) is 0 Å². The Morgan fingerprint density at radius 1 is 1.09 bits per heavy atom. The van der Waals surface area contributed by atoms with Crippen LogP contribution >= 0.6 is 0 Å². The van der Waals surface area contributed by atoms with Crippen molar-refractivity contribution < 1.29 is 9.53 Å². The highest BCUT2D eigenvalue weighted by atomic mass is 16.5. The third kappa shape index (κ3) is 4.22. The van der Waals surface area contributed by atoms with Crippen molar-refractivity contribution in [3.05, 3.63) is 54.2 Å². The Bertz CT molecular complexity index is 1210. The first-order valence-electron chi connectivity index (χ1n) is 11.5. The van der Waals surface area contributed by atoms with Gasteiger partial charge in [-0.05, 0) is 38.2 Å². The van der Waals surface area contributed by atoms with Gasteiger partial charge in [0.15, 0.2) is 5.82 Å². The van der Waals surface area contributed by atoms with E-state index in [-0.39, 0.29) is 5.91 Å². The molecule has 34 heavy (non-hydrogen) atoms. The fourth-order valence-electron chi connectivity index (χ4n) is 4.31. The van der Waals surface area contributed by atoms with Crippen LogP contribution in [0.4, 0.5) is 34.5 Å². The minimum absolute atomic E-state index is 0.177. The number of benzene rings is 2. The zero-order valence-corrected chi connectivity index (χ0v) is 19.7. The summed E-state index contributed by atoms with van der Waals surface area (Å²) in [5.41, 5.74) is 3.87. The van der Waals surface area contributed by atoms with E-state index in [2.05, 4.69) is 44.6 Å². The van der Waals surface area contributed by atoms with Gasteiger partial charge in [0.2, 0.25) is 5.95 Å². The van der Waals surface area contributed by atoms with Crippen molar-refractivity contribution in [3.8, 4) is 5.75 Å². The van der Waals surface area contributed by atoms with Crippen molar-refractivity contribution in [2.24, 2.45) is 0 Å². The van der Waals surface area contributed by atoms with Gasteiger partial charge in [-0.1, -0.05) is 12.1 Å². The maximum atomic E-state index is 12.7. The number of nitrogens with one attached hydrogen (secondary N) is 2. The highest BCUT2D eigenvalue weighted by Crippen LogP contribution is 2.37. The molecule has 176 valence electrons. The van der Waals surface area contributed by atoms with Gasteiger partial charge in [0.05, 0.1) is 29.7 Å². The summed E-state index contributed by atoms with van der Waals surface area (Å²) in [6.45, 7) is 6.59. The molecule has 3 heterocycles. The quantitative estimate of drug-likeness (QED) is 0.597. The number of para-hydroxylation sites is 1. The Morgan fingerprint density at radius 3 is 2.68 bits per heavy atom. The van der Waals surface area contributed by atoms with Crippen LogP contribution in [0.2, 0.25) is 0 Å². The van der Waals surface area contributed by atoms with Crippen LogP contribution in [0, 0.1) is 0 Å². The van der Waals surface area contributed by atoms with Crippen LogP contribution in [0.15, 0.2) is 48.7 Å². The minimum Gasteiger partial charge on any atom is -0.492 e. The molecule has 1 aromatic heterocycles. The molecule has 9 nitrogen and oxygen atoms in total. The minimum atomic E-state index is -0.177. The molecule has 0 atom stereocenters. The summed E-state index contributed by atoms with van der Waals surface area (Å²) < 4.78 is 5.95. The zero-order valence-electron chi connectivity index (χ0n) is 19.7. The molecule has 0 bridgehead atoms. The molecule has 0 aliphatic carbocycles. The molecule has 2 aliphatic rings. The molecule has 1 saturated heterocycles. The molecule has 2 aliphatic heterocycles. The Hall–Kier alpha value is -3.85. The van der Waals surface area contributed by atoms with E-state index < -0.39 is 0 Å². The van der Waals surface area contributed by atoms with Crippen molar-refractivity contribution in [1.29, 1.82) is 0 Å². The first-order valence-corrected chi connectivity index (χ1v) is 11.5. The average molecular weight is 460 g/mol. The number of nitrogens with zero attached hydrogens (tertiary/aromatic N) is 5. The predicted molar refractivity (Wildman–Crippen MR) is 135 cm³/mol. The molecule has 1 amide bonds. The van der Waals surface area contributed by atoms with Crippen LogP contribution < -0.4 is 25.2 Å². The number of aromatic nitrogens is 2. The monoisotopic (exact) mass is 459 g/mol. The number of carbonyl (C=O) groups excluding carboxylic acids is 1. The number of likely N-dealkylation sites (N-methyl/N-ethyl adjacent to an activating group) is 1. The Balaban J connectivity index is 1.43. The Kier molecular flexibility index (Phi) is 5.93. The first-order chi connectivity index (χ1) is 16.5. The standard InChI is InChI=1S/C25H29N7O2/c1-4-34-22-15-17(32-13-11-30(2)12-14-32)9-10-19(22)28-25-26-16-20-23(29-25)31(3)21-8-6-5-7-18(21)24(33)27-20/h5-10,15-16H,4,11-14H2,1-3H3,(H,27,33)(H,26,28,29). The fourth-order valence-corrected chi connectivity index (χ4v) is 4.31. The van der Waals surface area contributed by atoms with Crippen LogP contribution in [0.3, 0.4) is 0 Å². The van der Waals surface area contributed by atoms with Crippen LogP contribution in [0.1, 0.15) is 17.3 Å². The van der Waals surface area contributed by atoms with Crippen LogP contribution in [-0.4, -0.2) is 67.7 Å². The predicted octanol–water partition coefficient (Wildman–Crippen LogP) is 3.70. The molecule has 2 N–H and O–H groups in total. The number of ether oxygens (including phenoxy) is 1. The summed E-state index contributed by atoms with van der Waals surface area (Å²) in [4.78, 5) is 28.4. The van der Waals surface area contributed by atoms with E-state index in [4.69, 9.17) is 9.72 Å². The van der Waals surface area contributed by atoms with E-state index in [1.807, 2.05) is 43.1 Å². The van der Waals surface area contributed by atoms with Crippen molar-refractivity contribution in [2.45, 2.75) is 6.92 Å². The van der Waals surface area contributed by atoms with Gasteiger partial charge >= 0.3 is 0 Å². The summed E-state index contributed by atoms with van der Waals surface area (Å²) in [5, 5.41) is 6.22. The van der Waals surface area contributed by atoms with Crippen molar-refractivity contribution in [2.75, 3.05) is 67.3 Å². The Morgan fingerprint density at radius 2 is 1.88 bits per heavy atom. The average Bonchev–Trinajstić information content (AvgIpc) is 2.96. The van der Waals surface area contributed by atoms with Gasteiger partial charge < -0.3 is 30.1 Å². The van der Waals surface area contributed by atoms with Gasteiger partial charge in [0, 0.05) is 45.0 Å². The maximum absolute atomic E-state index is 12.7. The lowest BCUT2D eigenvalue weighted by Crippen LogP contribution is -2.44. The van der Waals surface area contributed by atoms with E-state index in [1.54, 1.807) is 12.3 Å². The normalized spacial score (nSPS) is 15.8. The summed E-state index contributed by atoms with van der Waals surface area (Å²) in [7, 11) is 4.04. The van der Waals surface area contributed by atoms with Crippen molar-refractivity contribution >= 4 is 40.4 Å². The van der Waals surface area contributed by atoms with Gasteiger partial charge in [-0.2, -0.15) is 4.98 Å². The molecule has 0 spiro atoms. The van der Waals surface area contributed by atoms with E-state index in [9.17, 15) is 4.79 Å². The number of fused-ring (bicyclic) bond motifs is 2.